The molecular weight excluding hydrogens is 519 g/mol. The summed E-state index contributed by atoms with van der Waals surface area (Å²) in [5.74, 6) is -3.69. The minimum Gasteiger partial charge on any atom is -0.434 e. The van der Waals surface area contributed by atoms with E-state index in [2.05, 4.69) is 10.1 Å². The number of amides is 3. The maximum atomic E-state index is 13.8. The molecule has 2 unspecified atom stereocenters. The summed E-state index contributed by atoms with van der Waals surface area (Å²) in [6.07, 6.45) is -4.29. The largest absolute Gasteiger partial charge is 0.434 e. The summed E-state index contributed by atoms with van der Waals surface area (Å²) < 4.78 is 44.4. The van der Waals surface area contributed by atoms with Gasteiger partial charge in [0, 0.05) is 18.9 Å². The molecule has 0 aromatic carbocycles. The van der Waals surface area contributed by atoms with Crippen LogP contribution in [0.4, 0.5) is 18.0 Å². The van der Waals surface area contributed by atoms with Gasteiger partial charge in [0.25, 0.3) is 5.91 Å². The molecule has 3 fully saturated rings. The number of likely N-dealkylation sites (tertiary alicyclic amines) is 1. The number of carbonyl (C=O) groups is 5. The number of alkyl halides is 3. The number of ether oxygens (including phenoxy) is 1. The molecule has 0 spiro atoms. The molecule has 3 amide bonds. The van der Waals surface area contributed by atoms with Gasteiger partial charge in [0.05, 0.1) is 6.04 Å². The van der Waals surface area contributed by atoms with Gasteiger partial charge in [0.2, 0.25) is 17.3 Å². The summed E-state index contributed by atoms with van der Waals surface area (Å²) in [6.45, 7) is 10.5. The van der Waals surface area contributed by atoms with Gasteiger partial charge in [-0.1, -0.05) is 47.5 Å². The maximum absolute atomic E-state index is 13.8. The van der Waals surface area contributed by atoms with Gasteiger partial charge in [-0.2, -0.15) is 13.2 Å². The lowest BCUT2D eigenvalue weighted by Crippen LogP contribution is -2.59. The van der Waals surface area contributed by atoms with Crippen LogP contribution >= 0.6 is 0 Å². The number of hydrogen-bond donors (Lipinski definition) is 2. The number of primary amides is 1. The molecule has 220 valence electrons. The standard InChI is InChI=1S/C27H40F3N3O6/c1-24(2,3)20(32-23(38)39-26(6,7)27(28,29)30)22(37)33-12-15-17(25(15,4)5)18(33)16(34)11-14(10-13-8-9-13)19(35)21(31)36/h13-15,17-18,20H,8-12H2,1-7H3,(H2,31,36)(H,32,38)/t14?,15?,17-,18+,20+/m0/s1. The molecule has 12 heteroatoms. The average molecular weight is 560 g/mol. The highest BCUT2D eigenvalue weighted by atomic mass is 19.4. The first-order chi connectivity index (χ1) is 17.6. The highest BCUT2D eigenvalue weighted by molar-refractivity contribution is 6.36. The molecule has 0 radical (unpaired) electrons. The lowest BCUT2D eigenvalue weighted by atomic mass is 9.84. The van der Waals surface area contributed by atoms with E-state index >= 15 is 0 Å². The summed E-state index contributed by atoms with van der Waals surface area (Å²) in [7, 11) is 0. The number of alkyl carbamates (subject to hydrolysis) is 1. The normalized spacial score (nSPS) is 25.8. The van der Waals surface area contributed by atoms with Crippen molar-refractivity contribution in [2.24, 2.45) is 40.2 Å². The van der Waals surface area contributed by atoms with Crippen LogP contribution in [0, 0.1) is 34.5 Å². The summed E-state index contributed by atoms with van der Waals surface area (Å²) in [5, 5.41) is 2.30. The molecule has 3 N–H and O–H groups in total. The fraction of sp³-hybridized carbons (Fsp3) is 0.815. The van der Waals surface area contributed by atoms with Gasteiger partial charge in [-0.15, -0.1) is 0 Å². The second kappa shape index (κ2) is 10.1. The van der Waals surface area contributed by atoms with Crippen LogP contribution in [0.25, 0.3) is 0 Å². The molecule has 2 saturated carbocycles. The number of rotatable bonds is 10. The van der Waals surface area contributed by atoms with E-state index in [1.807, 2.05) is 13.8 Å². The Kier molecular flexibility index (Phi) is 7.97. The fourth-order valence-corrected chi connectivity index (χ4v) is 5.74. The van der Waals surface area contributed by atoms with E-state index in [1.54, 1.807) is 20.8 Å². The highest BCUT2D eigenvalue weighted by Crippen LogP contribution is 2.65. The van der Waals surface area contributed by atoms with Crippen molar-refractivity contribution in [3.8, 4) is 0 Å². The van der Waals surface area contributed by atoms with Crippen molar-refractivity contribution >= 4 is 29.5 Å². The number of ketones is 2. The predicted octanol–water partition coefficient (Wildman–Crippen LogP) is 3.38. The third-order valence-electron chi connectivity index (χ3n) is 8.60. The van der Waals surface area contributed by atoms with E-state index in [0.29, 0.717) is 20.3 Å². The molecule has 3 rings (SSSR count). The molecule has 2 aliphatic carbocycles. The van der Waals surface area contributed by atoms with Crippen molar-refractivity contribution in [1.29, 1.82) is 0 Å². The van der Waals surface area contributed by atoms with Crippen LogP contribution < -0.4 is 11.1 Å². The number of fused-ring (bicyclic) bond motifs is 1. The van der Waals surface area contributed by atoms with Crippen molar-refractivity contribution in [2.45, 2.75) is 98.0 Å². The molecule has 3 aliphatic rings. The van der Waals surface area contributed by atoms with E-state index in [4.69, 9.17) is 5.73 Å². The van der Waals surface area contributed by atoms with E-state index in [-0.39, 0.29) is 41.9 Å². The van der Waals surface area contributed by atoms with Crippen molar-refractivity contribution < 1.29 is 41.9 Å². The van der Waals surface area contributed by atoms with E-state index in [9.17, 15) is 37.1 Å². The first-order valence-corrected chi connectivity index (χ1v) is 13.3. The van der Waals surface area contributed by atoms with E-state index in [0.717, 1.165) is 12.8 Å². The molecule has 5 atom stereocenters. The Morgan fingerprint density at radius 3 is 2.08 bits per heavy atom. The minimum absolute atomic E-state index is 0.000793. The molecule has 1 heterocycles. The van der Waals surface area contributed by atoms with Crippen LogP contribution in [0.1, 0.15) is 74.1 Å². The summed E-state index contributed by atoms with van der Waals surface area (Å²) in [5.41, 5.74) is 1.27. The van der Waals surface area contributed by atoms with Crippen LogP contribution in [-0.4, -0.2) is 64.8 Å². The highest BCUT2D eigenvalue weighted by Gasteiger charge is 2.69. The van der Waals surface area contributed by atoms with Crippen molar-refractivity contribution in [3.05, 3.63) is 0 Å². The average Bonchev–Trinajstić information content (AvgIpc) is 3.61. The molecule has 9 nitrogen and oxygen atoms in total. The zero-order valence-corrected chi connectivity index (χ0v) is 23.6. The van der Waals surface area contributed by atoms with Gasteiger partial charge in [0.1, 0.15) is 6.04 Å². The first kappa shape index (κ1) is 30.9. The summed E-state index contributed by atoms with van der Waals surface area (Å²) in [4.78, 5) is 65.5. The van der Waals surface area contributed by atoms with Gasteiger partial charge < -0.3 is 20.7 Å². The Morgan fingerprint density at radius 2 is 1.62 bits per heavy atom. The number of halogens is 3. The number of hydrogen-bond acceptors (Lipinski definition) is 6. The molecule has 0 aromatic heterocycles. The van der Waals surface area contributed by atoms with Gasteiger partial charge in [-0.25, -0.2) is 4.79 Å². The minimum atomic E-state index is -4.83. The molecule has 1 aliphatic heterocycles. The maximum Gasteiger partial charge on any atom is 0.427 e. The van der Waals surface area contributed by atoms with Gasteiger partial charge in [-0.3, -0.25) is 19.2 Å². The van der Waals surface area contributed by atoms with Crippen LogP contribution in [0.5, 0.6) is 0 Å². The number of piperidine rings is 1. The van der Waals surface area contributed by atoms with Crippen LogP contribution in [-0.2, 0) is 23.9 Å². The third kappa shape index (κ3) is 6.40. The first-order valence-electron chi connectivity index (χ1n) is 13.3. The zero-order valence-electron chi connectivity index (χ0n) is 23.6. The second-order valence-electron chi connectivity index (χ2n) is 13.5. The summed E-state index contributed by atoms with van der Waals surface area (Å²) >= 11 is 0. The Bertz CT molecular complexity index is 1040. The Labute approximate surface area is 226 Å². The van der Waals surface area contributed by atoms with Gasteiger partial charge in [0.15, 0.2) is 5.78 Å². The van der Waals surface area contributed by atoms with Gasteiger partial charge >= 0.3 is 12.3 Å². The zero-order chi connectivity index (χ0) is 29.9. The number of Topliss-reactive ketones (excluding diaryl/α,β-unsaturated/α-hetero) is 2. The lowest BCUT2D eigenvalue weighted by molar-refractivity contribution is -0.244. The van der Waals surface area contributed by atoms with Crippen LogP contribution in [0.2, 0.25) is 0 Å². The van der Waals surface area contributed by atoms with Gasteiger partial charge in [-0.05, 0) is 48.9 Å². The predicted molar refractivity (Wildman–Crippen MR) is 134 cm³/mol. The number of nitrogens with two attached hydrogens (primary N) is 1. The number of nitrogens with one attached hydrogen (secondary N) is 1. The number of carbonyl (C=O) groups excluding carboxylic acids is 5. The topological polar surface area (TPSA) is 136 Å². The third-order valence-corrected chi connectivity index (χ3v) is 8.60. The molecular formula is C27H40F3N3O6. The van der Waals surface area contributed by atoms with Crippen molar-refractivity contribution in [1.82, 2.24) is 10.2 Å². The Morgan fingerprint density at radius 1 is 1.05 bits per heavy atom. The monoisotopic (exact) mass is 559 g/mol. The quantitative estimate of drug-likeness (QED) is 0.394. The Hall–Kier alpha value is -2.66. The SMILES string of the molecule is CC(C)(C)[C@H](NC(=O)OC(C)(C)C(F)(F)F)C(=O)N1CC2[C@@H]([C@H]1C(=O)CC(CC1CC1)C(=O)C(N)=O)C2(C)C. The smallest absolute Gasteiger partial charge is 0.427 e. The van der Waals surface area contributed by atoms with Crippen molar-refractivity contribution in [3.63, 3.8) is 0 Å². The molecule has 39 heavy (non-hydrogen) atoms. The summed E-state index contributed by atoms with van der Waals surface area (Å²) in [6, 6.07) is -2.19. The van der Waals surface area contributed by atoms with Crippen molar-refractivity contribution in [2.75, 3.05) is 6.54 Å². The number of nitrogens with zero attached hydrogens (tertiary/aromatic N) is 1. The lowest BCUT2D eigenvalue weighted by Gasteiger charge is -2.38. The van der Waals surface area contributed by atoms with E-state index in [1.165, 1.54) is 4.90 Å². The van der Waals surface area contributed by atoms with Crippen LogP contribution in [0.15, 0.2) is 0 Å². The fourth-order valence-electron chi connectivity index (χ4n) is 5.74. The molecule has 0 bridgehead atoms. The second-order valence-corrected chi connectivity index (χ2v) is 13.5. The van der Waals surface area contributed by atoms with E-state index < -0.39 is 58.9 Å². The Balaban J connectivity index is 1.83. The molecule has 0 aromatic rings. The van der Waals surface area contributed by atoms with Crippen LogP contribution in [0.3, 0.4) is 0 Å². The molecule has 1 saturated heterocycles.